The maximum atomic E-state index is 13.1. The van der Waals surface area contributed by atoms with Crippen LogP contribution in [-0.2, 0) is 13.0 Å². The van der Waals surface area contributed by atoms with Gasteiger partial charge in [0.15, 0.2) is 0 Å². The van der Waals surface area contributed by atoms with Crippen molar-refractivity contribution in [3.63, 3.8) is 0 Å². The quantitative estimate of drug-likeness (QED) is 0.418. The van der Waals surface area contributed by atoms with Crippen molar-refractivity contribution < 1.29 is 9.15 Å². The molecule has 4 rings (SSSR count). The van der Waals surface area contributed by atoms with Crippen molar-refractivity contribution in [2.75, 3.05) is 0 Å². The average molecular weight is 370 g/mol. The predicted molar refractivity (Wildman–Crippen MR) is 113 cm³/mol. The van der Waals surface area contributed by atoms with E-state index in [2.05, 4.69) is 6.92 Å². The molecule has 0 saturated heterocycles. The fourth-order valence-corrected chi connectivity index (χ4v) is 3.35. The lowest BCUT2D eigenvalue weighted by molar-refractivity contribution is 0.303. The molecule has 0 atom stereocenters. The summed E-state index contributed by atoms with van der Waals surface area (Å²) in [6, 6.07) is 23.4. The van der Waals surface area contributed by atoms with Crippen LogP contribution in [0.15, 0.2) is 88.3 Å². The Bertz CT molecular complexity index is 1130. The van der Waals surface area contributed by atoms with Crippen LogP contribution in [0.1, 0.15) is 24.5 Å². The van der Waals surface area contributed by atoms with Crippen molar-refractivity contribution in [2.45, 2.75) is 26.4 Å². The van der Waals surface area contributed by atoms with Gasteiger partial charge in [-0.05, 0) is 29.2 Å². The van der Waals surface area contributed by atoms with Gasteiger partial charge in [-0.2, -0.15) is 0 Å². The lowest BCUT2D eigenvalue weighted by atomic mass is 10.0. The molecule has 0 aliphatic carbocycles. The van der Waals surface area contributed by atoms with Gasteiger partial charge in [-0.25, -0.2) is 0 Å². The molecule has 0 unspecified atom stereocenters. The van der Waals surface area contributed by atoms with E-state index in [1.165, 1.54) is 0 Å². The van der Waals surface area contributed by atoms with E-state index in [0.717, 1.165) is 35.3 Å². The Morgan fingerprint density at radius 3 is 2.36 bits per heavy atom. The number of ether oxygens (including phenoxy) is 1. The van der Waals surface area contributed by atoms with Crippen LogP contribution in [0.4, 0.5) is 0 Å². The van der Waals surface area contributed by atoms with Gasteiger partial charge in [0.1, 0.15) is 24.2 Å². The molecule has 0 N–H and O–H groups in total. The molecule has 3 heteroatoms. The summed E-state index contributed by atoms with van der Waals surface area (Å²) in [7, 11) is 0. The standard InChI is InChI=1S/C25H22O3/c1-2-9-20-14-21-24(15-23(20)27-16-18-10-5-3-6-11-18)28-17-22(25(21)26)19-12-7-4-8-13-19/h3-8,10-15,17H,2,9,16H2,1H3. The van der Waals surface area contributed by atoms with Gasteiger partial charge >= 0.3 is 0 Å². The summed E-state index contributed by atoms with van der Waals surface area (Å²) >= 11 is 0. The van der Waals surface area contributed by atoms with E-state index in [-0.39, 0.29) is 5.43 Å². The van der Waals surface area contributed by atoms with Crippen LogP contribution in [0.3, 0.4) is 0 Å². The molecular formula is C25H22O3. The van der Waals surface area contributed by atoms with E-state index in [9.17, 15) is 4.79 Å². The van der Waals surface area contributed by atoms with Gasteiger partial charge in [0, 0.05) is 6.07 Å². The van der Waals surface area contributed by atoms with Crippen molar-refractivity contribution in [2.24, 2.45) is 0 Å². The minimum atomic E-state index is -0.0144. The first-order valence-corrected chi connectivity index (χ1v) is 9.57. The zero-order valence-corrected chi connectivity index (χ0v) is 15.9. The number of aryl methyl sites for hydroxylation is 1. The maximum Gasteiger partial charge on any atom is 0.200 e. The predicted octanol–water partition coefficient (Wildman–Crippen LogP) is 5.99. The van der Waals surface area contributed by atoms with Crippen LogP contribution in [0.5, 0.6) is 5.75 Å². The molecule has 1 aromatic heterocycles. The second-order valence-corrected chi connectivity index (χ2v) is 6.82. The Hall–Kier alpha value is -3.33. The van der Waals surface area contributed by atoms with Crippen LogP contribution >= 0.6 is 0 Å². The van der Waals surface area contributed by atoms with Gasteiger partial charge in [-0.1, -0.05) is 74.0 Å². The van der Waals surface area contributed by atoms with Crippen LogP contribution in [-0.4, -0.2) is 0 Å². The SMILES string of the molecule is CCCc1cc2c(=O)c(-c3ccccc3)coc2cc1OCc1ccccc1. The molecule has 0 amide bonds. The molecule has 0 saturated carbocycles. The number of hydrogen-bond donors (Lipinski definition) is 0. The normalized spacial score (nSPS) is 10.9. The van der Waals surface area contributed by atoms with Gasteiger partial charge < -0.3 is 9.15 Å². The molecule has 0 bridgehead atoms. The summed E-state index contributed by atoms with van der Waals surface area (Å²) in [5.74, 6) is 0.772. The third-order valence-electron chi connectivity index (χ3n) is 4.80. The summed E-state index contributed by atoms with van der Waals surface area (Å²) in [4.78, 5) is 13.1. The Morgan fingerprint density at radius 1 is 0.929 bits per heavy atom. The Balaban J connectivity index is 1.75. The fraction of sp³-hybridized carbons (Fsp3) is 0.160. The summed E-state index contributed by atoms with van der Waals surface area (Å²) in [6.45, 7) is 2.60. The average Bonchev–Trinajstić information content (AvgIpc) is 2.74. The lowest BCUT2D eigenvalue weighted by Gasteiger charge is -2.13. The first-order valence-electron chi connectivity index (χ1n) is 9.57. The summed E-state index contributed by atoms with van der Waals surface area (Å²) in [5, 5.41) is 0.594. The van der Waals surface area contributed by atoms with Gasteiger partial charge in [0.2, 0.25) is 5.43 Å². The second-order valence-electron chi connectivity index (χ2n) is 6.82. The molecule has 1 heterocycles. The van der Waals surface area contributed by atoms with E-state index >= 15 is 0 Å². The highest BCUT2D eigenvalue weighted by Crippen LogP contribution is 2.28. The van der Waals surface area contributed by atoms with Gasteiger partial charge in [0.05, 0.1) is 10.9 Å². The summed E-state index contributed by atoms with van der Waals surface area (Å²) < 4.78 is 11.9. The molecule has 4 aromatic rings. The smallest absolute Gasteiger partial charge is 0.200 e. The van der Waals surface area contributed by atoms with Crippen LogP contribution in [0, 0.1) is 0 Å². The highest BCUT2D eigenvalue weighted by molar-refractivity contribution is 5.83. The molecule has 0 aliphatic heterocycles. The van der Waals surface area contributed by atoms with Gasteiger partial charge in [-0.3, -0.25) is 4.79 Å². The third-order valence-corrected chi connectivity index (χ3v) is 4.80. The zero-order chi connectivity index (χ0) is 19.3. The van der Waals surface area contributed by atoms with E-state index in [0.29, 0.717) is 23.1 Å². The van der Waals surface area contributed by atoms with Crippen LogP contribution in [0.25, 0.3) is 22.1 Å². The number of benzene rings is 3. The van der Waals surface area contributed by atoms with Crippen molar-refractivity contribution in [1.82, 2.24) is 0 Å². The number of rotatable bonds is 6. The first-order chi connectivity index (χ1) is 13.8. The highest BCUT2D eigenvalue weighted by Gasteiger charge is 2.13. The Morgan fingerprint density at radius 2 is 1.64 bits per heavy atom. The number of hydrogen-bond acceptors (Lipinski definition) is 3. The monoisotopic (exact) mass is 370 g/mol. The molecular weight excluding hydrogens is 348 g/mol. The molecule has 0 aliphatic rings. The highest BCUT2D eigenvalue weighted by atomic mass is 16.5. The first kappa shape index (κ1) is 18.1. The van der Waals surface area contributed by atoms with E-state index in [4.69, 9.17) is 9.15 Å². The Kier molecular flexibility index (Phi) is 5.24. The second kappa shape index (κ2) is 8.13. The fourth-order valence-electron chi connectivity index (χ4n) is 3.35. The van der Waals surface area contributed by atoms with E-state index in [1.54, 1.807) is 6.26 Å². The summed E-state index contributed by atoms with van der Waals surface area (Å²) in [6.07, 6.45) is 3.35. The minimum Gasteiger partial charge on any atom is -0.488 e. The third kappa shape index (κ3) is 3.70. The zero-order valence-electron chi connectivity index (χ0n) is 15.9. The van der Waals surface area contributed by atoms with Crippen molar-refractivity contribution in [1.29, 1.82) is 0 Å². The maximum absolute atomic E-state index is 13.1. The van der Waals surface area contributed by atoms with Gasteiger partial charge in [0.25, 0.3) is 0 Å². The molecule has 140 valence electrons. The minimum absolute atomic E-state index is 0.0144. The summed E-state index contributed by atoms with van der Waals surface area (Å²) in [5.41, 5.74) is 4.11. The topological polar surface area (TPSA) is 39.4 Å². The number of fused-ring (bicyclic) bond motifs is 1. The Labute approximate surface area is 164 Å². The van der Waals surface area contributed by atoms with E-state index in [1.807, 2.05) is 72.8 Å². The molecule has 0 spiro atoms. The molecule has 0 fully saturated rings. The van der Waals surface area contributed by atoms with Crippen LogP contribution in [0.2, 0.25) is 0 Å². The van der Waals surface area contributed by atoms with Crippen molar-refractivity contribution in [3.8, 4) is 16.9 Å². The molecule has 28 heavy (non-hydrogen) atoms. The van der Waals surface area contributed by atoms with Crippen molar-refractivity contribution >= 4 is 11.0 Å². The molecule has 3 aromatic carbocycles. The van der Waals surface area contributed by atoms with Gasteiger partial charge in [-0.15, -0.1) is 0 Å². The molecule has 3 nitrogen and oxygen atoms in total. The molecule has 0 radical (unpaired) electrons. The van der Waals surface area contributed by atoms with Crippen LogP contribution < -0.4 is 10.2 Å². The largest absolute Gasteiger partial charge is 0.488 e. The lowest BCUT2D eigenvalue weighted by Crippen LogP contribution is -2.06. The van der Waals surface area contributed by atoms with E-state index < -0.39 is 0 Å². The van der Waals surface area contributed by atoms with Crippen molar-refractivity contribution in [3.05, 3.63) is 100 Å².